The summed E-state index contributed by atoms with van der Waals surface area (Å²) in [6.07, 6.45) is 0. The van der Waals surface area contributed by atoms with E-state index in [1.165, 1.54) is 23.6 Å². The van der Waals surface area contributed by atoms with E-state index in [4.69, 9.17) is 5.11 Å². The maximum atomic E-state index is 11.4. The van der Waals surface area contributed by atoms with E-state index in [-0.39, 0.29) is 11.5 Å². The SMILES string of the molecule is CC(=O)c1ccccc1-c1nc(C(=O)O)cs1. The highest BCUT2D eigenvalue weighted by Crippen LogP contribution is 2.27. The summed E-state index contributed by atoms with van der Waals surface area (Å²) in [4.78, 5) is 26.2. The summed E-state index contributed by atoms with van der Waals surface area (Å²) in [5, 5.41) is 10.8. The number of aromatic carboxylic acids is 1. The van der Waals surface area contributed by atoms with E-state index in [1.54, 1.807) is 24.3 Å². The molecule has 5 heteroatoms. The molecule has 0 amide bonds. The lowest BCUT2D eigenvalue weighted by Crippen LogP contribution is -1.98. The Labute approximate surface area is 102 Å². The molecule has 0 saturated carbocycles. The smallest absolute Gasteiger partial charge is 0.355 e. The molecule has 2 aromatic rings. The Hall–Kier alpha value is -2.01. The van der Waals surface area contributed by atoms with Crippen molar-refractivity contribution >= 4 is 23.1 Å². The van der Waals surface area contributed by atoms with Crippen LogP contribution >= 0.6 is 11.3 Å². The summed E-state index contributed by atoms with van der Waals surface area (Å²) in [7, 11) is 0. The molecule has 0 atom stereocenters. The van der Waals surface area contributed by atoms with Crippen LogP contribution in [-0.2, 0) is 0 Å². The molecule has 0 bridgehead atoms. The number of hydrogen-bond acceptors (Lipinski definition) is 4. The summed E-state index contributed by atoms with van der Waals surface area (Å²) in [5.74, 6) is -1.12. The molecule has 0 spiro atoms. The van der Waals surface area contributed by atoms with Crippen LogP contribution in [-0.4, -0.2) is 21.8 Å². The predicted octanol–water partition coefficient (Wildman–Crippen LogP) is 2.71. The molecular formula is C12H9NO3S. The molecule has 0 fully saturated rings. The van der Waals surface area contributed by atoms with Gasteiger partial charge < -0.3 is 5.11 Å². The van der Waals surface area contributed by atoms with Crippen molar-refractivity contribution in [3.05, 3.63) is 40.9 Å². The Morgan fingerprint density at radius 2 is 2.00 bits per heavy atom. The zero-order valence-corrected chi connectivity index (χ0v) is 9.82. The lowest BCUT2D eigenvalue weighted by molar-refractivity contribution is 0.0691. The summed E-state index contributed by atoms with van der Waals surface area (Å²) >= 11 is 1.22. The lowest BCUT2D eigenvalue weighted by atomic mass is 10.1. The quantitative estimate of drug-likeness (QED) is 0.847. The first kappa shape index (κ1) is 11.5. The number of nitrogens with zero attached hydrogens (tertiary/aromatic N) is 1. The monoisotopic (exact) mass is 247 g/mol. The Kier molecular flexibility index (Phi) is 3.01. The maximum Gasteiger partial charge on any atom is 0.355 e. The molecular weight excluding hydrogens is 238 g/mol. The average Bonchev–Trinajstić information content (AvgIpc) is 2.78. The zero-order valence-electron chi connectivity index (χ0n) is 9.01. The normalized spacial score (nSPS) is 10.2. The third kappa shape index (κ3) is 2.24. The lowest BCUT2D eigenvalue weighted by Gasteiger charge is -2.02. The second-order valence-corrected chi connectivity index (χ2v) is 4.30. The van der Waals surface area contributed by atoms with Gasteiger partial charge in [-0.15, -0.1) is 11.3 Å². The van der Waals surface area contributed by atoms with Crippen molar-refractivity contribution < 1.29 is 14.7 Å². The van der Waals surface area contributed by atoms with Crippen LogP contribution in [0.1, 0.15) is 27.8 Å². The largest absolute Gasteiger partial charge is 0.476 e. The van der Waals surface area contributed by atoms with Gasteiger partial charge in [-0.2, -0.15) is 0 Å². The first-order chi connectivity index (χ1) is 8.09. The molecule has 4 nitrogen and oxygen atoms in total. The van der Waals surface area contributed by atoms with Gasteiger partial charge in [0.1, 0.15) is 5.01 Å². The minimum absolute atomic E-state index is 0.00311. The van der Waals surface area contributed by atoms with Gasteiger partial charge in [0.2, 0.25) is 0 Å². The van der Waals surface area contributed by atoms with Crippen molar-refractivity contribution in [2.75, 3.05) is 0 Å². The third-order valence-corrected chi connectivity index (χ3v) is 3.14. The minimum Gasteiger partial charge on any atom is -0.476 e. The Morgan fingerprint density at radius 1 is 1.29 bits per heavy atom. The highest BCUT2D eigenvalue weighted by atomic mass is 32.1. The highest BCUT2D eigenvalue weighted by molar-refractivity contribution is 7.13. The van der Waals surface area contributed by atoms with Gasteiger partial charge in [-0.25, -0.2) is 9.78 Å². The van der Waals surface area contributed by atoms with Crippen molar-refractivity contribution in [2.24, 2.45) is 0 Å². The van der Waals surface area contributed by atoms with Crippen molar-refractivity contribution in [1.82, 2.24) is 4.98 Å². The molecule has 0 aliphatic carbocycles. The summed E-state index contributed by atoms with van der Waals surface area (Å²) in [6, 6.07) is 7.04. The maximum absolute atomic E-state index is 11.4. The molecule has 1 N–H and O–H groups in total. The number of benzene rings is 1. The number of carbonyl (C=O) groups excluding carboxylic acids is 1. The van der Waals surface area contributed by atoms with E-state index in [9.17, 15) is 9.59 Å². The number of hydrogen-bond donors (Lipinski definition) is 1. The van der Waals surface area contributed by atoms with Crippen LogP contribution in [0.2, 0.25) is 0 Å². The number of aromatic nitrogens is 1. The second kappa shape index (κ2) is 4.47. The van der Waals surface area contributed by atoms with Crippen molar-refractivity contribution in [2.45, 2.75) is 6.92 Å². The van der Waals surface area contributed by atoms with E-state index >= 15 is 0 Å². The standard InChI is InChI=1S/C12H9NO3S/c1-7(14)8-4-2-3-5-9(8)11-13-10(6-17-11)12(15)16/h2-6H,1H3,(H,15,16). The summed E-state index contributed by atoms with van der Waals surface area (Å²) < 4.78 is 0. The van der Waals surface area contributed by atoms with E-state index in [1.807, 2.05) is 0 Å². The van der Waals surface area contributed by atoms with Crippen LogP contribution in [0.3, 0.4) is 0 Å². The molecule has 1 aromatic carbocycles. The van der Waals surface area contributed by atoms with Crippen LogP contribution in [0.5, 0.6) is 0 Å². The number of carbonyl (C=O) groups is 2. The van der Waals surface area contributed by atoms with Crippen LogP contribution in [0.25, 0.3) is 10.6 Å². The Morgan fingerprint density at radius 3 is 2.59 bits per heavy atom. The number of thiazole rings is 1. The van der Waals surface area contributed by atoms with E-state index in [0.29, 0.717) is 16.1 Å². The highest BCUT2D eigenvalue weighted by Gasteiger charge is 2.14. The number of ketones is 1. The minimum atomic E-state index is -1.06. The third-order valence-electron chi connectivity index (χ3n) is 2.26. The fourth-order valence-electron chi connectivity index (χ4n) is 1.47. The van der Waals surface area contributed by atoms with Crippen LogP contribution in [0, 0.1) is 0 Å². The molecule has 86 valence electrons. The van der Waals surface area contributed by atoms with Crippen LogP contribution in [0.4, 0.5) is 0 Å². The fourth-order valence-corrected chi connectivity index (χ4v) is 2.31. The first-order valence-electron chi connectivity index (χ1n) is 4.88. The Balaban J connectivity index is 2.52. The molecule has 0 radical (unpaired) electrons. The van der Waals surface area contributed by atoms with Gasteiger partial charge in [0.25, 0.3) is 0 Å². The number of Topliss-reactive ketones (excluding diaryl/α,β-unsaturated/α-hetero) is 1. The summed E-state index contributed by atoms with van der Waals surface area (Å²) in [5.41, 5.74) is 1.24. The second-order valence-electron chi connectivity index (χ2n) is 3.44. The van der Waals surface area contributed by atoms with Gasteiger partial charge in [0.05, 0.1) is 0 Å². The van der Waals surface area contributed by atoms with E-state index in [0.717, 1.165) is 0 Å². The first-order valence-corrected chi connectivity index (χ1v) is 5.76. The number of carboxylic acids is 1. The molecule has 0 aliphatic rings. The number of carboxylic acid groups (broad SMARTS) is 1. The molecule has 1 heterocycles. The van der Waals surface area contributed by atoms with Gasteiger partial charge in [-0.3, -0.25) is 4.79 Å². The van der Waals surface area contributed by atoms with Gasteiger partial charge in [-0.1, -0.05) is 24.3 Å². The van der Waals surface area contributed by atoms with Gasteiger partial charge >= 0.3 is 5.97 Å². The molecule has 0 saturated heterocycles. The van der Waals surface area contributed by atoms with E-state index in [2.05, 4.69) is 4.98 Å². The number of rotatable bonds is 3. The molecule has 1 aromatic heterocycles. The molecule has 0 aliphatic heterocycles. The van der Waals surface area contributed by atoms with Gasteiger partial charge in [-0.05, 0) is 6.92 Å². The Bertz CT molecular complexity index is 589. The van der Waals surface area contributed by atoms with Crippen molar-refractivity contribution in [3.8, 4) is 10.6 Å². The van der Waals surface area contributed by atoms with Gasteiger partial charge in [0, 0.05) is 16.5 Å². The zero-order chi connectivity index (χ0) is 12.4. The summed E-state index contributed by atoms with van der Waals surface area (Å²) in [6.45, 7) is 1.48. The average molecular weight is 247 g/mol. The van der Waals surface area contributed by atoms with Crippen molar-refractivity contribution in [1.29, 1.82) is 0 Å². The molecule has 0 unspecified atom stereocenters. The molecule has 17 heavy (non-hydrogen) atoms. The fraction of sp³-hybridized carbons (Fsp3) is 0.0833. The predicted molar refractivity (Wildman–Crippen MR) is 64.5 cm³/mol. The molecule has 2 rings (SSSR count). The topological polar surface area (TPSA) is 67.3 Å². The van der Waals surface area contributed by atoms with Gasteiger partial charge in [0.15, 0.2) is 11.5 Å². The van der Waals surface area contributed by atoms with Crippen molar-refractivity contribution in [3.63, 3.8) is 0 Å². The van der Waals surface area contributed by atoms with Crippen LogP contribution in [0.15, 0.2) is 29.6 Å². The van der Waals surface area contributed by atoms with E-state index < -0.39 is 5.97 Å². The van der Waals surface area contributed by atoms with Crippen LogP contribution < -0.4 is 0 Å².